The van der Waals surface area contributed by atoms with Gasteiger partial charge in [0, 0.05) is 29.8 Å². The van der Waals surface area contributed by atoms with E-state index < -0.39 is 0 Å². The molecule has 1 aromatic heterocycles. The Morgan fingerprint density at radius 2 is 2.25 bits per heavy atom. The Hall–Kier alpha value is -0.610. The molecular formula is C12H20BrN3. The molecule has 0 fully saturated rings. The first kappa shape index (κ1) is 13.5. The van der Waals surface area contributed by atoms with Crippen molar-refractivity contribution in [2.24, 2.45) is 0 Å². The highest BCUT2D eigenvalue weighted by Crippen LogP contribution is 2.13. The fraction of sp³-hybridized carbons (Fsp3) is 0.583. The van der Waals surface area contributed by atoms with E-state index in [0.717, 1.165) is 23.2 Å². The lowest BCUT2D eigenvalue weighted by molar-refractivity contribution is 0.261. The van der Waals surface area contributed by atoms with Crippen molar-refractivity contribution in [3.63, 3.8) is 0 Å². The molecule has 0 saturated carbocycles. The Morgan fingerprint density at radius 3 is 2.88 bits per heavy atom. The van der Waals surface area contributed by atoms with Crippen LogP contribution in [0.2, 0.25) is 0 Å². The van der Waals surface area contributed by atoms with Crippen molar-refractivity contribution < 1.29 is 0 Å². The maximum atomic E-state index is 4.11. The van der Waals surface area contributed by atoms with Gasteiger partial charge in [0.2, 0.25) is 0 Å². The molecule has 0 aromatic carbocycles. The molecule has 3 nitrogen and oxygen atoms in total. The minimum absolute atomic E-state index is 0.641. The van der Waals surface area contributed by atoms with E-state index in [0.29, 0.717) is 6.04 Å². The average molecular weight is 286 g/mol. The zero-order chi connectivity index (χ0) is 12.0. The van der Waals surface area contributed by atoms with Gasteiger partial charge >= 0.3 is 0 Å². The first-order valence-corrected chi connectivity index (χ1v) is 6.47. The van der Waals surface area contributed by atoms with Crippen LogP contribution in [0, 0.1) is 0 Å². The van der Waals surface area contributed by atoms with Crippen LogP contribution >= 0.6 is 15.9 Å². The number of anilines is 1. The van der Waals surface area contributed by atoms with Gasteiger partial charge in [-0.25, -0.2) is 0 Å². The SMILES string of the molecule is CCC(C)N(C)CCNc1cncc(Br)c1. The van der Waals surface area contributed by atoms with Crippen LogP contribution in [0.15, 0.2) is 22.9 Å². The molecule has 0 aliphatic heterocycles. The van der Waals surface area contributed by atoms with E-state index in [1.54, 1.807) is 6.20 Å². The quantitative estimate of drug-likeness (QED) is 0.871. The molecule has 0 spiro atoms. The minimum atomic E-state index is 0.641. The van der Waals surface area contributed by atoms with Crippen molar-refractivity contribution in [2.75, 3.05) is 25.5 Å². The average Bonchev–Trinajstić information content (AvgIpc) is 2.28. The first-order valence-electron chi connectivity index (χ1n) is 5.68. The summed E-state index contributed by atoms with van der Waals surface area (Å²) in [7, 11) is 2.16. The maximum absolute atomic E-state index is 4.11. The van der Waals surface area contributed by atoms with E-state index >= 15 is 0 Å². The third kappa shape index (κ3) is 4.49. The highest BCUT2D eigenvalue weighted by molar-refractivity contribution is 9.10. The second kappa shape index (κ2) is 6.86. The largest absolute Gasteiger partial charge is 0.382 e. The Kier molecular flexibility index (Phi) is 5.77. The lowest BCUT2D eigenvalue weighted by atomic mass is 10.2. The van der Waals surface area contributed by atoms with Crippen LogP contribution in [-0.4, -0.2) is 36.1 Å². The molecular weight excluding hydrogens is 266 g/mol. The first-order chi connectivity index (χ1) is 7.63. The van der Waals surface area contributed by atoms with Gasteiger partial charge in [-0.3, -0.25) is 4.98 Å². The van der Waals surface area contributed by atoms with Crippen LogP contribution in [0.3, 0.4) is 0 Å². The highest BCUT2D eigenvalue weighted by Gasteiger charge is 2.05. The minimum Gasteiger partial charge on any atom is -0.382 e. The van der Waals surface area contributed by atoms with Gasteiger partial charge in [-0.15, -0.1) is 0 Å². The molecule has 4 heteroatoms. The molecule has 90 valence electrons. The van der Waals surface area contributed by atoms with E-state index in [2.05, 4.69) is 52.0 Å². The number of likely N-dealkylation sites (N-methyl/N-ethyl adjacent to an activating group) is 1. The second-order valence-corrected chi connectivity index (χ2v) is 4.97. The van der Waals surface area contributed by atoms with Crippen molar-refractivity contribution in [1.29, 1.82) is 0 Å². The number of hydrogen-bond acceptors (Lipinski definition) is 3. The summed E-state index contributed by atoms with van der Waals surface area (Å²) in [6, 6.07) is 2.68. The Balaban J connectivity index is 2.30. The van der Waals surface area contributed by atoms with Crippen molar-refractivity contribution in [2.45, 2.75) is 26.3 Å². The van der Waals surface area contributed by atoms with Gasteiger partial charge < -0.3 is 10.2 Å². The molecule has 1 unspecified atom stereocenters. The predicted molar refractivity (Wildman–Crippen MR) is 72.8 cm³/mol. The van der Waals surface area contributed by atoms with Crippen LogP contribution in [0.5, 0.6) is 0 Å². The third-order valence-corrected chi connectivity index (χ3v) is 3.28. The summed E-state index contributed by atoms with van der Waals surface area (Å²) in [5.41, 5.74) is 1.06. The maximum Gasteiger partial charge on any atom is 0.0538 e. The Labute approximate surface area is 106 Å². The van der Waals surface area contributed by atoms with Crippen LogP contribution in [0.25, 0.3) is 0 Å². The van der Waals surface area contributed by atoms with Crippen LogP contribution in [-0.2, 0) is 0 Å². The monoisotopic (exact) mass is 285 g/mol. The number of rotatable bonds is 6. The number of nitrogens with zero attached hydrogens (tertiary/aromatic N) is 2. The van der Waals surface area contributed by atoms with Crippen molar-refractivity contribution in [3.05, 3.63) is 22.9 Å². The predicted octanol–water partition coefficient (Wildman–Crippen LogP) is 2.99. The van der Waals surface area contributed by atoms with Gasteiger partial charge in [0.1, 0.15) is 0 Å². The summed E-state index contributed by atoms with van der Waals surface area (Å²) >= 11 is 3.40. The topological polar surface area (TPSA) is 28.2 Å². The van der Waals surface area contributed by atoms with E-state index in [1.165, 1.54) is 6.42 Å². The van der Waals surface area contributed by atoms with Gasteiger partial charge in [-0.05, 0) is 42.4 Å². The van der Waals surface area contributed by atoms with E-state index in [-0.39, 0.29) is 0 Å². The summed E-state index contributed by atoms with van der Waals surface area (Å²) in [5, 5.41) is 3.36. The van der Waals surface area contributed by atoms with Crippen molar-refractivity contribution >= 4 is 21.6 Å². The lowest BCUT2D eigenvalue weighted by Gasteiger charge is -2.23. The molecule has 0 aliphatic carbocycles. The van der Waals surface area contributed by atoms with E-state index in [9.17, 15) is 0 Å². The van der Waals surface area contributed by atoms with Gasteiger partial charge in [0.15, 0.2) is 0 Å². The molecule has 1 heterocycles. The van der Waals surface area contributed by atoms with Crippen molar-refractivity contribution in [1.82, 2.24) is 9.88 Å². The molecule has 0 amide bonds. The Bertz CT molecular complexity index is 317. The molecule has 1 atom stereocenters. The molecule has 1 aromatic rings. The molecule has 0 radical (unpaired) electrons. The third-order valence-electron chi connectivity index (χ3n) is 2.84. The Morgan fingerprint density at radius 1 is 1.50 bits per heavy atom. The fourth-order valence-electron chi connectivity index (χ4n) is 1.42. The lowest BCUT2D eigenvalue weighted by Crippen LogP contribution is -2.32. The van der Waals surface area contributed by atoms with Gasteiger partial charge in [0.05, 0.1) is 11.9 Å². The summed E-state index contributed by atoms with van der Waals surface area (Å²) < 4.78 is 1.01. The van der Waals surface area contributed by atoms with E-state index in [1.807, 2.05) is 12.3 Å². The molecule has 16 heavy (non-hydrogen) atoms. The fourth-order valence-corrected chi connectivity index (χ4v) is 1.78. The van der Waals surface area contributed by atoms with Gasteiger partial charge in [-0.2, -0.15) is 0 Å². The summed E-state index contributed by atoms with van der Waals surface area (Å²) in [5.74, 6) is 0. The normalized spacial score (nSPS) is 12.8. The number of aromatic nitrogens is 1. The zero-order valence-corrected chi connectivity index (χ0v) is 11.8. The number of pyridine rings is 1. The van der Waals surface area contributed by atoms with Crippen LogP contribution in [0.4, 0.5) is 5.69 Å². The highest BCUT2D eigenvalue weighted by atomic mass is 79.9. The summed E-state index contributed by atoms with van der Waals surface area (Å²) in [4.78, 5) is 6.47. The zero-order valence-electron chi connectivity index (χ0n) is 10.2. The smallest absolute Gasteiger partial charge is 0.0538 e. The molecule has 1 rings (SSSR count). The number of hydrogen-bond donors (Lipinski definition) is 1. The number of nitrogens with one attached hydrogen (secondary N) is 1. The van der Waals surface area contributed by atoms with Crippen LogP contribution < -0.4 is 5.32 Å². The molecule has 1 N–H and O–H groups in total. The van der Waals surface area contributed by atoms with Gasteiger partial charge in [-0.1, -0.05) is 6.92 Å². The van der Waals surface area contributed by atoms with Crippen molar-refractivity contribution in [3.8, 4) is 0 Å². The number of halogens is 1. The second-order valence-electron chi connectivity index (χ2n) is 4.06. The van der Waals surface area contributed by atoms with Crippen LogP contribution in [0.1, 0.15) is 20.3 Å². The van der Waals surface area contributed by atoms with E-state index in [4.69, 9.17) is 0 Å². The molecule has 0 aliphatic rings. The summed E-state index contributed by atoms with van der Waals surface area (Å²) in [6.45, 7) is 6.45. The van der Waals surface area contributed by atoms with Gasteiger partial charge in [0.25, 0.3) is 0 Å². The standard InChI is InChI=1S/C12H20BrN3/c1-4-10(2)16(3)6-5-15-12-7-11(13)8-14-9-12/h7-10,15H,4-6H2,1-3H3. The molecule has 0 saturated heterocycles. The molecule has 0 bridgehead atoms. The summed E-state index contributed by atoms with van der Waals surface area (Å²) in [6.07, 6.45) is 4.82.